The lowest BCUT2D eigenvalue weighted by Gasteiger charge is -2.34. The summed E-state index contributed by atoms with van der Waals surface area (Å²) in [6.45, 7) is 1.03. The first-order chi connectivity index (χ1) is 14.4. The van der Waals surface area contributed by atoms with Crippen molar-refractivity contribution >= 4 is 15.8 Å². The van der Waals surface area contributed by atoms with Crippen LogP contribution in [-0.2, 0) is 17.1 Å². The van der Waals surface area contributed by atoms with E-state index in [4.69, 9.17) is 4.74 Å². The normalized spacial score (nSPS) is 15.4. The van der Waals surface area contributed by atoms with Gasteiger partial charge in [0, 0.05) is 45.0 Å². The second-order valence-corrected chi connectivity index (χ2v) is 8.74. The van der Waals surface area contributed by atoms with Gasteiger partial charge in [0.25, 0.3) is 10.0 Å². The number of aromatic nitrogens is 4. The second-order valence-electron chi connectivity index (χ2n) is 6.86. The minimum atomic E-state index is -3.68. The van der Waals surface area contributed by atoms with Crippen LogP contribution in [0, 0.1) is 5.82 Å². The van der Waals surface area contributed by atoms with E-state index in [1.807, 2.05) is 0 Å². The molecule has 0 radical (unpaired) electrons. The maximum atomic E-state index is 15.2. The van der Waals surface area contributed by atoms with E-state index in [0.29, 0.717) is 24.4 Å². The molecule has 0 bridgehead atoms. The fourth-order valence-electron chi connectivity index (χ4n) is 3.33. The zero-order chi connectivity index (χ0) is 21.3. The van der Waals surface area contributed by atoms with Gasteiger partial charge in [-0.15, -0.1) is 0 Å². The summed E-state index contributed by atoms with van der Waals surface area (Å²) in [6.07, 6.45) is 4.22. The van der Waals surface area contributed by atoms with Crippen molar-refractivity contribution in [1.29, 1.82) is 0 Å². The fraction of sp³-hybridized carbons (Fsp3) is 0.316. The lowest BCUT2D eigenvalue weighted by atomic mass is 10.1. The molecule has 1 aliphatic heterocycles. The number of rotatable bonds is 5. The highest BCUT2D eigenvalue weighted by Crippen LogP contribution is 2.28. The molecule has 1 fully saturated rings. The predicted octanol–water partition coefficient (Wildman–Crippen LogP) is 1.54. The molecule has 0 aliphatic carbocycles. The third-order valence-electron chi connectivity index (χ3n) is 4.96. The van der Waals surface area contributed by atoms with E-state index in [9.17, 15) is 8.42 Å². The number of nitrogens with zero attached hydrogens (tertiary/aromatic N) is 6. The van der Waals surface area contributed by atoms with Gasteiger partial charge in [0.2, 0.25) is 0 Å². The molecule has 11 heteroatoms. The number of sulfonamides is 1. The molecular weight excluding hydrogens is 411 g/mol. The molecule has 0 saturated carbocycles. The summed E-state index contributed by atoms with van der Waals surface area (Å²) < 4.78 is 48.7. The van der Waals surface area contributed by atoms with Crippen LogP contribution in [0.2, 0.25) is 0 Å². The maximum Gasteiger partial charge on any atom is 0.262 e. The van der Waals surface area contributed by atoms with Crippen LogP contribution in [-0.4, -0.2) is 65.5 Å². The number of imidazole rings is 1. The van der Waals surface area contributed by atoms with Gasteiger partial charge in [-0.05, 0) is 24.3 Å². The SMILES string of the molecule is COc1ccc(-c2ncnc(N3CCN(S(=O)(=O)c4cn(C)cn4)CC3)c2F)cc1. The first-order valence-corrected chi connectivity index (χ1v) is 10.7. The Morgan fingerprint density at radius 2 is 1.73 bits per heavy atom. The number of piperazine rings is 1. The number of hydrogen-bond donors (Lipinski definition) is 0. The van der Waals surface area contributed by atoms with Crippen LogP contribution in [0.25, 0.3) is 11.3 Å². The lowest BCUT2D eigenvalue weighted by Crippen LogP contribution is -2.49. The van der Waals surface area contributed by atoms with Crippen LogP contribution in [0.15, 0.2) is 48.1 Å². The molecule has 1 saturated heterocycles. The van der Waals surface area contributed by atoms with Crippen LogP contribution in [0.3, 0.4) is 0 Å². The Morgan fingerprint density at radius 1 is 1.03 bits per heavy atom. The van der Waals surface area contributed by atoms with Crippen LogP contribution >= 0.6 is 0 Å². The maximum absolute atomic E-state index is 15.2. The Balaban J connectivity index is 1.52. The van der Waals surface area contributed by atoms with E-state index in [1.165, 1.54) is 23.2 Å². The summed E-state index contributed by atoms with van der Waals surface area (Å²) in [4.78, 5) is 13.9. The zero-order valence-corrected chi connectivity index (χ0v) is 17.4. The van der Waals surface area contributed by atoms with Crippen molar-refractivity contribution in [3.05, 3.63) is 48.9 Å². The largest absolute Gasteiger partial charge is 0.497 e. The van der Waals surface area contributed by atoms with Crippen molar-refractivity contribution < 1.29 is 17.5 Å². The predicted molar refractivity (Wildman–Crippen MR) is 108 cm³/mol. The summed E-state index contributed by atoms with van der Waals surface area (Å²) in [5.74, 6) is 0.285. The van der Waals surface area contributed by atoms with Crippen molar-refractivity contribution in [3.8, 4) is 17.0 Å². The molecule has 3 heterocycles. The molecule has 1 aliphatic rings. The number of halogens is 1. The Bertz CT molecular complexity index is 1140. The first-order valence-electron chi connectivity index (χ1n) is 9.28. The Hall–Kier alpha value is -3.05. The molecule has 1 aromatic carbocycles. The van der Waals surface area contributed by atoms with Gasteiger partial charge < -0.3 is 14.2 Å². The van der Waals surface area contributed by atoms with Gasteiger partial charge in [-0.1, -0.05) is 0 Å². The number of methoxy groups -OCH3 is 1. The van der Waals surface area contributed by atoms with Gasteiger partial charge in [-0.25, -0.2) is 27.8 Å². The van der Waals surface area contributed by atoms with Gasteiger partial charge in [0.1, 0.15) is 17.8 Å². The molecule has 158 valence electrons. The molecule has 3 aromatic rings. The van der Waals surface area contributed by atoms with Crippen molar-refractivity contribution in [2.24, 2.45) is 7.05 Å². The van der Waals surface area contributed by atoms with E-state index in [0.717, 1.165) is 0 Å². The molecule has 0 spiro atoms. The quantitative estimate of drug-likeness (QED) is 0.604. The third kappa shape index (κ3) is 3.73. The lowest BCUT2D eigenvalue weighted by molar-refractivity contribution is 0.380. The van der Waals surface area contributed by atoms with Gasteiger partial charge in [-0.3, -0.25) is 0 Å². The third-order valence-corrected chi connectivity index (χ3v) is 6.74. The van der Waals surface area contributed by atoms with Crippen molar-refractivity contribution in [3.63, 3.8) is 0 Å². The van der Waals surface area contributed by atoms with Crippen LogP contribution in [0.5, 0.6) is 5.75 Å². The van der Waals surface area contributed by atoms with Crippen LogP contribution in [0.4, 0.5) is 10.2 Å². The van der Waals surface area contributed by atoms with E-state index in [-0.39, 0.29) is 29.6 Å². The van der Waals surface area contributed by atoms with E-state index in [2.05, 4.69) is 15.0 Å². The number of aryl methyl sites for hydroxylation is 1. The molecular formula is C19H21FN6O3S. The van der Waals surface area contributed by atoms with Gasteiger partial charge in [0.15, 0.2) is 16.7 Å². The molecule has 4 rings (SSSR count). The smallest absolute Gasteiger partial charge is 0.262 e. The average molecular weight is 432 g/mol. The molecule has 0 unspecified atom stereocenters. The number of benzene rings is 1. The summed E-state index contributed by atoms with van der Waals surface area (Å²) in [7, 11) is -0.406. The van der Waals surface area contributed by atoms with Crippen LogP contribution in [0.1, 0.15) is 0 Å². The van der Waals surface area contributed by atoms with Gasteiger partial charge in [0.05, 0.1) is 13.4 Å². The average Bonchev–Trinajstić information content (AvgIpc) is 3.21. The highest BCUT2D eigenvalue weighted by atomic mass is 32.2. The monoisotopic (exact) mass is 432 g/mol. The van der Waals surface area contributed by atoms with Crippen molar-refractivity contribution in [2.45, 2.75) is 5.03 Å². The summed E-state index contributed by atoms with van der Waals surface area (Å²) in [5, 5.41) is 0.00783. The van der Waals surface area contributed by atoms with E-state index in [1.54, 1.807) is 47.9 Å². The molecule has 0 amide bonds. The molecule has 0 N–H and O–H groups in total. The van der Waals surface area contributed by atoms with Gasteiger partial charge >= 0.3 is 0 Å². The topological polar surface area (TPSA) is 93.5 Å². The van der Waals surface area contributed by atoms with E-state index < -0.39 is 15.8 Å². The highest BCUT2D eigenvalue weighted by molar-refractivity contribution is 7.89. The summed E-state index contributed by atoms with van der Waals surface area (Å²) in [6, 6.07) is 6.92. The number of hydrogen-bond acceptors (Lipinski definition) is 7. The minimum Gasteiger partial charge on any atom is -0.497 e. The van der Waals surface area contributed by atoms with Gasteiger partial charge in [-0.2, -0.15) is 4.31 Å². The fourth-order valence-corrected chi connectivity index (χ4v) is 4.71. The van der Waals surface area contributed by atoms with Crippen molar-refractivity contribution in [1.82, 2.24) is 23.8 Å². The highest BCUT2D eigenvalue weighted by Gasteiger charge is 2.31. The van der Waals surface area contributed by atoms with E-state index >= 15 is 4.39 Å². The first kappa shape index (κ1) is 20.2. The second kappa shape index (κ2) is 8.00. The van der Waals surface area contributed by atoms with Crippen LogP contribution < -0.4 is 9.64 Å². The molecule has 30 heavy (non-hydrogen) atoms. The number of anilines is 1. The molecule has 9 nitrogen and oxygen atoms in total. The Morgan fingerprint density at radius 3 is 2.33 bits per heavy atom. The zero-order valence-electron chi connectivity index (χ0n) is 16.6. The Labute approximate surface area is 173 Å². The molecule has 2 aromatic heterocycles. The van der Waals surface area contributed by atoms with Crippen molar-refractivity contribution in [2.75, 3.05) is 38.2 Å². The standard InChI is InChI=1S/C19H21FN6O3S/c1-24-11-16(23-13-24)30(27,28)26-9-7-25(8-10-26)19-17(20)18(21-12-22-19)14-3-5-15(29-2)6-4-14/h3-6,11-13H,7-10H2,1-2H3. The summed E-state index contributed by atoms with van der Waals surface area (Å²) >= 11 is 0. The molecule has 0 atom stereocenters. The minimum absolute atomic E-state index is 0.00783. The number of ether oxygens (including phenoxy) is 1. The Kier molecular flexibility index (Phi) is 5.39. The summed E-state index contributed by atoms with van der Waals surface area (Å²) in [5.41, 5.74) is 0.791.